The molecule has 0 fully saturated rings. The molecule has 112 valence electrons. The maximum atomic E-state index is 11.2. The lowest BCUT2D eigenvalue weighted by Gasteiger charge is -2.13. The van der Waals surface area contributed by atoms with Crippen LogP contribution in [0.1, 0.15) is 35.7 Å². The van der Waals surface area contributed by atoms with Crippen molar-refractivity contribution in [1.82, 2.24) is 4.98 Å². The molecule has 0 saturated carbocycles. The molecule has 1 aromatic heterocycles. The molecule has 2 aromatic rings. The molecule has 1 heterocycles. The van der Waals surface area contributed by atoms with Crippen molar-refractivity contribution in [3.05, 3.63) is 27.2 Å². The Kier molecular flexibility index (Phi) is 5.44. The van der Waals surface area contributed by atoms with Crippen molar-refractivity contribution in [2.75, 3.05) is 0 Å². The summed E-state index contributed by atoms with van der Waals surface area (Å²) in [5.74, 6) is -0.984. The van der Waals surface area contributed by atoms with E-state index < -0.39 is 5.97 Å². The second-order valence-corrected chi connectivity index (χ2v) is 6.80. The summed E-state index contributed by atoms with van der Waals surface area (Å²) in [4.78, 5) is 26.1. The van der Waals surface area contributed by atoms with Gasteiger partial charge in [0.05, 0.1) is 28.5 Å². The molecule has 1 atom stereocenters. The van der Waals surface area contributed by atoms with Gasteiger partial charge in [0, 0.05) is 12.0 Å². The lowest BCUT2D eigenvalue weighted by Crippen LogP contribution is -2.12. The summed E-state index contributed by atoms with van der Waals surface area (Å²) < 4.78 is 7.19. The molecule has 21 heavy (non-hydrogen) atoms. The maximum absolute atomic E-state index is 11.2. The van der Waals surface area contributed by atoms with Crippen molar-refractivity contribution in [2.24, 2.45) is 0 Å². The minimum atomic E-state index is -0.984. The Balaban J connectivity index is 2.32. The fourth-order valence-electron chi connectivity index (χ4n) is 1.97. The first-order valence-electron chi connectivity index (χ1n) is 6.42. The van der Waals surface area contributed by atoms with E-state index in [0.717, 1.165) is 28.5 Å². The molecular weight excluding hydrogens is 358 g/mol. The van der Waals surface area contributed by atoms with Crippen LogP contribution in [0.3, 0.4) is 0 Å². The number of carboxylic acid groups (broad SMARTS) is 1. The largest absolute Gasteiger partial charge is 0.478 e. The standard InChI is InChI=1S/C14H14BrNO4S/c1-2-10(3-4-17)20-7-9-5-8(13(18)19)6-11-12(9)16-14(15)21-11/h4-6,10H,2-3,7H2,1H3,(H,18,19)/t10-/m1/s1. The minimum Gasteiger partial charge on any atom is -0.478 e. The SMILES string of the molecule is CC[C@H](CC=O)OCc1cc(C(=O)O)cc2sc(Br)nc12. The van der Waals surface area contributed by atoms with Crippen LogP contribution in [0.15, 0.2) is 16.0 Å². The van der Waals surface area contributed by atoms with Crippen molar-refractivity contribution in [2.45, 2.75) is 32.5 Å². The zero-order chi connectivity index (χ0) is 15.4. The van der Waals surface area contributed by atoms with Gasteiger partial charge >= 0.3 is 5.97 Å². The van der Waals surface area contributed by atoms with Gasteiger partial charge in [-0.1, -0.05) is 6.92 Å². The molecule has 0 saturated heterocycles. The number of aromatic carboxylic acids is 1. The fourth-order valence-corrected chi connectivity index (χ4v) is 3.45. The Morgan fingerprint density at radius 2 is 2.33 bits per heavy atom. The van der Waals surface area contributed by atoms with Gasteiger partial charge in [0.1, 0.15) is 6.29 Å². The zero-order valence-electron chi connectivity index (χ0n) is 11.3. The number of ether oxygens (including phenoxy) is 1. The van der Waals surface area contributed by atoms with E-state index in [2.05, 4.69) is 20.9 Å². The number of nitrogens with zero attached hydrogens (tertiary/aromatic N) is 1. The second kappa shape index (κ2) is 7.11. The quantitative estimate of drug-likeness (QED) is 0.751. The number of carbonyl (C=O) groups is 2. The molecule has 0 aliphatic rings. The molecule has 1 N–H and O–H groups in total. The van der Waals surface area contributed by atoms with Crippen LogP contribution >= 0.6 is 27.3 Å². The van der Waals surface area contributed by atoms with Crippen LogP contribution in [0.25, 0.3) is 10.2 Å². The molecule has 0 aliphatic carbocycles. The highest BCUT2D eigenvalue weighted by Crippen LogP contribution is 2.30. The summed E-state index contributed by atoms with van der Waals surface area (Å²) in [5, 5.41) is 9.17. The number of hydrogen-bond donors (Lipinski definition) is 1. The van der Waals surface area contributed by atoms with Crippen LogP contribution in [-0.4, -0.2) is 28.4 Å². The average Bonchev–Trinajstić information content (AvgIpc) is 2.83. The number of rotatable bonds is 7. The predicted octanol–water partition coefficient (Wildman–Crippen LogP) is 3.64. The van der Waals surface area contributed by atoms with E-state index in [1.54, 1.807) is 12.1 Å². The van der Waals surface area contributed by atoms with E-state index in [4.69, 9.17) is 9.84 Å². The van der Waals surface area contributed by atoms with Crippen LogP contribution in [-0.2, 0) is 16.1 Å². The van der Waals surface area contributed by atoms with E-state index in [9.17, 15) is 9.59 Å². The average molecular weight is 372 g/mol. The number of aromatic nitrogens is 1. The normalized spacial score (nSPS) is 12.5. The molecule has 5 nitrogen and oxygen atoms in total. The van der Waals surface area contributed by atoms with Crippen molar-refractivity contribution >= 4 is 49.7 Å². The van der Waals surface area contributed by atoms with Crippen molar-refractivity contribution < 1.29 is 19.4 Å². The molecule has 0 unspecified atom stereocenters. The lowest BCUT2D eigenvalue weighted by atomic mass is 10.1. The number of carboxylic acids is 1. The third kappa shape index (κ3) is 3.87. The number of halogens is 1. The van der Waals surface area contributed by atoms with E-state index in [1.807, 2.05) is 6.92 Å². The number of benzene rings is 1. The minimum absolute atomic E-state index is 0.159. The Hall–Kier alpha value is -1.31. The van der Waals surface area contributed by atoms with E-state index in [1.165, 1.54) is 11.3 Å². The fraction of sp³-hybridized carbons (Fsp3) is 0.357. The van der Waals surface area contributed by atoms with Gasteiger partial charge in [-0.15, -0.1) is 11.3 Å². The number of carbonyl (C=O) groups excluding carboxylic acids is 1. The predicted molar refractivity (Wildman–Crippen MR) is 83.8 cm³/mol. The molecule has 0 bridgehead atoms. The first kappa shape index (κ1) is 16.1. The molecule has 0 aliphatic heterocycles. The summed E-state index contributed by atoms with van der Waals surface area (Å²) in [7, 11) is 0. The summed E-state index contributed by atoms with van der Waals surface area (Å²) in [6.45, 7) is 2.18. The van der Waals surface area contributed by atoms with Gasteiger partial charge in [-0.2, -0.15) is 0 Å². The Morgan fingerprint density at radius 3 is 2.95 bits per heavy atom. The van der Waals surface area contributed by atoms with Gasteiger partial charge in [0.2, 0.25) is 0 Å². The van der Waals surface area contributed by atoms with Crippen molar-refractivity contribution in [3.8, 4) is 0 Å². The zero-order valence-corrected chi connectivity index (χ0v) is 13.7. The van der Waals surface area contributed by atoms with E-state index in [0.29, 0.717) is 10.3 Å². The van der Waals surface area contributed by atoms with E-state index >= 15 is 0 Å². The molecule has 0 spiro atoms. The lowest BCUT2D eigenvalue weighted by molar-refractivity contribution is -0.110. The smallest absolute Gasteiger partial charge is 0.335 e. The number of aldehydes is 1. The summed E-state index contributed by atoms with van der Waals surface area (Å²) >= 11 is 4.69. The number of fused-ring (bicyclic) bond motifs is 1. The molecule has 2 rings (SSSR count). The van der Waals surface area contributed by atoms with Crippen LogP contribution in [0.2, 0.25) is 0 Å². The van der Waals surface area contributed by atoms with Crippen molar-refractivity contribution in [1.29, 1.82) is 0 Å². The summed E-state index contributed by atoms with van der Waals surface area (Å²) in [5.41, 5.74) is 1.66. The van der Waals surface area contributed by atoms with Gasteiger partial charge in [-0.25, -0.2) is 9.78 Å². The van der Waals surface area contributed by atoms with Gasteiger partial charge in [0.25, 0.3) is 0 Å². The highest BCUT2D eigenvalue weighted by Gasteiger charge is 2.14. The van der Waals surface area contributed by atoms with Gasteiger partial charge in [-0.05, 0) is 34.5 Å². The second-order valence-electron chi connectivity index (χ2n) is 4.50. The molecule has 0 radical (unpaired) electrons. The van der Waals surface area contributed by atoms with Gasteiger partial charge in [0.15, 0.2) is 3.92 Å². The van der Waals surface area contributed by atoms with Crippen molar-refractivity contribution in [3.63, 3.8) is 0 Å². The van der Waals surface area contributed by atoms with E-state index in [-0.39, 0.29) is 18.3 Å². The molecule has 7 heteroatoms. The maximum Gasteiger partial charge on any atom is 0.335 e. The third-order valence-electron chi connectivity index (χ3n) is 3.08. The van der Waals surface area contributed by atoms with Gasteiger partial charge in [-0.3, -0.25) is 0 Å². The van der Waals surface area contributed by atoms with Crippen LogP contribution in [0.5, 0.6) is 0 Å². The first-order valence-corrected chi connectivity index (χ1v) is 8.03. The topological polar surface area (TPSA) is 76.5 Å². The molecular formula is C14H14BrNO4S. The summed E-state index contributed by atoms with van der Waals surface area (Å²) in [6.07, 6.45) is 1.73. The number of hydrogen-bond acceptors (Lipinski definition) is 5. The summed E-state index contributed by atoms with van der Waals surface area (Å²) in [6, 6.07) is 3.18. The monoisotopic (exact) mass is 371 g/mol. The Bertz CT molecular complexity index is 670. The Morgan fingerprint density at radius 1 is 1.57 bits per heavy atom. The third-order valence-corrected chi connectivity index (χ3v) is 4.54. The molecule has 1 aromatic carbocycles. The van der Waals surface area contributed by atoms with Crippen LogP contribution < -0.4 is 0 Å². The highest BCUT2D eigenvalue weighted by molar-refractivity contribution is 9.11. The highest BCUT2D eigenvalue weighted by atomic mass is 79.9. The first-order chi connectivity index (χ1) is 10.0. The molecule has 0 amide bonds. The number of thiazole rings is 1. The van der Waals surface area contributed by atoms with Gasteiger partial charge < -0.3 is 14.6 Å². The van der Waals surface area contributed by atoms with Crippen LogP contribution in [0.4, 0.5) is 0 Å². The Labute approximate surface area is 134 Å². The van der Waals surface area contributed by atoms with Crippen LogP contribution in [0, 0.1) is 0 Å².